The van der Waals surface area contributed by atoms with E-state index in [1.54, 1.807) is 66.7 Å². The molecule has 63 heavy (non-hydrogen) atoms. The maximum absolute atomic E-state index is 16.2. The van der Waals surface area contributed by atoms with E-state index in [0.29, 0.717) is 70.9 Å². The van der Waals surface area contributed by atoms with Crippen LogP contribution in [0.5, 0.6) is 0 Å². The summed E-state index contributed by atoms with van der Waals surface area (Å²) in [5, 5.41) is 15.2. The summed E-state index contributed by atoms with van der Waals surface area (Å²) in [5.41, 5.74) is 1.82. The number of piperidine rings is 1. The minimum Gasteiger partial charge on any atom is -0.352 e. The van der Waals surface area contributed by atoms with E-state index in [9.17, 15) is 28.8 Å². The molecule has 4 aliphatic heterocycles. The van der Waals surface area contributed by atoms with E-state index >= 15 is 4.39 Å². The van der Waals surface area contributed by atoms with E-state index in [1.807, 2.05) is 6.07 Å². The highest BCUT2D eigenvalue weighted by Crippen LogP contribution is 2.63. The lowest BCUT2D eigenvalue weighted by molar-refractivity contribution is -0.137. The zero-order chi connectivity index (χ0) is 44.0. The summed E-state index contributed by atoms with van der Waals surface area (Å²) in [5.74, 6) is 2.42. The number of rotatable bonds is 8. The van der Waals surface area contributed by atoms with E-state index in [1.165, 1.54) is 11.0 Å². The molecule has 4 aromatic carbocycles. The zero-order valence-electron chi connectivity index (χ0n) is 34.0. The highest BCUT2D eigenvalue weighted by molar-refractivity contribution is 6.31. The Labute approximate surface area is 373 Å². The average molecular weight is 890 g/mol. The lowest BCUT2D eigenvalue weighted by Gasteiger charge is -2.47. The Balaban J connectivity index is 0.860. The number of benzene rings is 4. The number of fused-ring (bicyclic) bond motifs is 4. The van der Waals surface area contributed by atoms with Crippen molar-refractivity contribution in [3.63, 3.8) is 0 Å². The molecule has 2 spiro atoms. The van der Waals surface area contributed by atoms with Crippen molar-refractivity contribution >= 4 is 70.0 Å². The molecule has 4 aromatic rings. The summed E-state index contributed by atoms with van der Waals surface area (Å²) in [6.07, 6.45) is 5.25. The first-order valence-corrected chi connectivity index (χ1v) is 21.9. The first-order valence-electron chi connectivity index (χ1n) is 21.2. The number of anilines is 2. The molecule has 1 aliphatic carbocycles. The molecule has 3 fully saturated rings. The van der Waals surface area contributed by atoms with Crippen LogP contribution < -0.4 is 26.6 Å². The van der Waals surface area contributed by atoms with Crippen LogP contribution in [0.15, 0.2) is 78.9 Å². The van der Waals surface area contributed by atoms with Crippen LogP contribution in [0.4, 0.5) is 15.8 Å². The largest absolute Gasteiger partial charge is 0.352 e. The number of carbonyl (C=O) groups is 6. The van der Waals surface area contributed by atoms with Crippen molar-refractivity contribution in [2.75, 3.05) is 17.2 Å². The Hall–Kier alpha value is -6.07. The third-order valence-corrected chi connectivity index (χ3v) is 13.8. The number of unbranched alkanes of at least 4 members (excludes halogenated alkanes) is 1. The van der Waals surface area contributed by atoms with Gasteiger partial charge in [-0.3, -0.25) is 39.4 Å². The summed E-state index contributed by atoms with van der Waals surface area (Å²) < 4.78 is 16.2. The van der Waals surface area contributed by atoms with Gasteiger partial charge in [0.1, 0.15) is 17.3 Å². The molecule has 1 saturated carbocycles. The molecular weight excluding hydrogens is 846 g/mol. The Bertz CT molecular complexity index is 2660. The molecular formula is C48H43Cl2FN6O6. The number of nitrogens with zero attached hydrogens (tertiary/aromatic N) is 1. The lowest BCUT2D eigenvalue weighted by Crippen LogP contribution is -2.60. The summed E-state index contributed by atoms with van der Waals surface area (Å²) >= 11 is 12.8. The third kappa shape index (κ3) is 7.33. The van der Waals surface area contributed by atoms with E-state index in [2.05, 4.69) is 38.4 Å². The summed E-state index contributed by atoms with van der Waals surface area (Å²) in [6, 6.07) is 19.9. The second kappa shape index (κ2) is 16.9. The Morgan fingerprint density at radius 2 is 1.70 bits per heavy atom. The molecule has 15 heteroatoms. The van der Waals surface area contributed by atoms with Crippen molar-refractivity contribution in [1.82, 2.24) is 20.9 Å². The summed E-state index contributed by atoms with van der Waals surface area (Å²) in [7, 11) is 0. The van der Waals surface area contributed by atoms with Crippen molar-refractivity contribution in [2.24, 2.45) is 0 Å². The minimum atomic E-state index is -1.36. The standard InChI is InChI=1S/C48H43Cl2FN6O6/c49-29-16-19-34-36(25-29)54-46(63)48(34)39(32-12-8-13-35(50)40(32)51)41(56-47(48)22-4-2-5-23-47)44(61)53-30-17-14-28(15-18-30)42(59)52-24-6-1-3-9-27-10-7-11-31-33(27)26-57(45(31)62)37-20-21-38(58)55-43(37)60/h7-8,10-19,25,37,39,41,56H,1-2,4-6,20-24,26H2,(H,52,59)(H,53,61)(H,54,63)(H,55,58,60). The molecule has 4 unspecified atom stereocenters. The number of carbonyl (C=O) groups excluding carboxylic acids is 6. The van der Waals surface area contributed by atoms with Crippen molar-refractivity contribution in [2.45, 2.75) is 93.3 Å². The number of amides is 6. The number of nitrogens with one attached hydrogen (secondary N) is 5. The molecule has 0 bridgehead atoms. The van der Waals surface area contributed by atoms with Crippen LogP contribution in [0, 0.1) is 17.7 Å². The molecule has 5 aliphatic rings. The first kappa shape index (κ1) is 42.2. The van der Waals surface area contributed by atoms with Gasteiger partial charge in [0.25, 0.3) is 11.8 Å². The number of imide groups is 1. The van der Waals surface area contributed by atoms with Gasteiger partial charge in [-0.05, 0) is 97.0 Å². The quantitative estimate of drug-likeness (QED) is 0.0743. The number of hydrogen-bond acceptors (Lipinski definition) is 7. The van der Waals surface area contributed by atoms with Gasteiger partial charge in [0.15, 0.2) is 0 Å². The third-order valence-electron chi connectivity index (χ3n) is 13.3. The molecule has 0 aromatic heterocycles. The fourth-order valence-corrected chi connectivity index (χ4v) is 10.8. The van der Waals surface area contributed by atoms with Crippen LogP contribution in [0.25, 0.3) is 0 Å². The maximum Gasteiger partial charge on any atom is 0.255 e. The SMILES string of the molecule is O=C1CCC(N2Cc3c(C#CCCCNC(=O)c4ccc(NC(=O)C5NC6(CCCCC6)C6(C(=O)Nc7cc(Cl)ccc76)C5c5cccc(Cl)c5F)cc4)cccc3C2=O)C(=O)N1. The summed E-state index contributed by atoms with van der Waals surface area (Å²) in [6.45, 7) is 0.581. The van der Waals surface area contributed by atoms with Gasteiger partial charge in [0.2, 0.25) is 23.6 Å². The molecule has 322 valence electrons. The van der Waals surface area contributed by atoms with Crippen molar-refractivity contribution in [3.05, 3.63) is 128 Å². The second-order valence-electron chi connectivity index (χ2n) is 16.8. The fourth-order valence-electron chi connectivity index (χ4n) is 10.5. The molecule has 12 nitrogen and oxygen atoms in total. The van der Waals surface area contributed by atoms with Gasteiger partial charge in [0, 0.05) is 70.5 Å². The number of hydrogen-bond donors (Lipinski definition) is 5. The van der Waals surface area contributed by atoms with Gasteiger partial charge in [-0.15, -0.1) is 0 Å². The Kier molecular flexibility index (Phi) is 11.3. The van der Waals surface area contributed by atoms with E-state index in [4.69, 9.17) is 23.2 Å². The highest BCUT2D eigenvalue weighted by Gasteiger charge is 2.72. The van der Waals surface area contributed by atoms with Crippen LogP contribution in [0.1, 0.15) is 107 Å². The minimum absolute atomic E-state index is 0.113. The molecule has 6 amide bonds. The molecule has 9 rings (SSSR count). The van der Waals surface area contributed by atoms with Crippen LogP contribution in [0.3, 0.4) is 0 Å². The fraction of sp³-hybridized carbons (Fsp3) is 0.333. The monoisotopic (exact) mass is 888 g/mol. The van der Waals surface area contributed by atoms with Crippen LogP contribution >= 0.6 is 23.2 Å². The molecule has 0 radical (unpaired) electrons. The average Bonchev–Trinajstić information content (AvgIpc) is 3.87. The van der Waals surface area contributed by atoms with Crippen molar-refractivity contribution in [1.29, 1.82) is 0 Å². The van der Waals surface area contributed by atoms with Crippen molar-refractivity contribution in [3.8, 4) is 11.8 Å². The topological polar surface area (TPSA) is 166 Å². The molecule has 2 saturated heterocycles. The second-order valence-corrected chi connectivity index (χ2v) is 17.6. The smallest absolute Gasteiger partial charge is 0.255 e. The van der Waals surface area contributed by atoms with Crippen LogP contribution in [-0.2, 0) is 31.1 Å². The number of halogens is 3. The Morgan fingerprint density at radius 1 is 0.921 bits per heavy atom. The predicted molar refractivity (Wildman–Crippen MR) is 235 cm³/mol. The van der Waals surface area contributed by atoms with Crippen LogP contribution in [-0.4, -0.2) is 64.5 Å². The van der Waals surface area contributed by atoms with E-state index in [-0.39, 0.29) is 53.6 Å². The highest BCUT2D eigenvalue weighted by atomic mass is 35.5. The van der Waals surface area contributed by atoms with Crippen molar-refractivity contribution < 1.29 is 33.2 Å². The van der Waals surface area contributed by atoms with Gasteiger partial charge in [-0.25, -0.2) is 4.39 Å². The van der Waals surface area contributed by atoms with E-state index in [0.717, 1.165) is 24.8 Å². The molecule has 4 atom stereocenters. The molecule has 4 heterocycles. The first-order chi connectivity index (χ1) is 30.4. The van der Waals surface area contributed by atoms with Gasteiger partial charge >= 0.3 is 0 Å². The lowest BCUT2D eigenvalue weighted by atomic mass is 9.55. The van der Waals surface area contributed by atoms with E-state index < -0.39 is 46.6 Å². The van der Waals surface area contributed by atoms with Gasteiger partial charge in [-0.1, -0.05) is 78.6 Å². The molecule has 5 N–H and O–H groups in total. The maximum atomic E-state index is 16.2. The van der Waals surface area contributed by atoms with Gasteiger partial charge in [0.05, 0.1) is 11.1 Å². The normalized spacial score (nSPS) is 23.2. The van der Waals surface area contributed by atoms with Gasteiger partial charge < -0.3 is 20.9 Å². The summed E-state index contributed by atoms with van der Waals surface area (Å²) in [4.78, 5) is 80.9. The van der Waals surface area contributed by atoms with Gasteiger partial charge in [-0.2, -0.15) is 0 Å². The van der Waals surface area contributed by atoms with Crippen LogP contribution in [0.2, 0.25) is 10.0 Å². The predicted octanol–water partition coefficient (Wildman–Crippen LogP) is 6.74. The Morgan fingerprint density at radius 3 is 2.48 bits per heavy atom. The zero-order valence-corrected chi connectivity index (χ0v) is 35.6.